The molecule has 0 saturated heterocycles. The number of nitrogens with one attached hydrogen (secondary N) is 2. The number of fused-ring (bicyclic) bond motifs is 10. The smallest absolute Gasteiger partial charge is 0.410 e. The second-order valence-corrected chi connectivity index (χ2v) is 31.1. The predicted molar refractivity (Wildman–Crippen MR) is 448 cm³/mol. The molecule has 3 heterocycles. The summed E-state index contributed by atoms with van der Waals surface area (Å²) < 4.78 is 41.6. The maximum atomic E-state index is 15.0. The van der Waals surface area contributed by atoms with Crippen LogP contribution in [0.2, 0.25) is 0 Å². The van der Waals surface area contributed by atoms with Crippen molar-refractivity contribution in [2.75, 3.05) is 75.4 Å². The monoisotopic (exact) mass is 1720 g/mol. The molecule has 7 atom stereocenters. The number of rotatable bonds is 24. The van der Waals surface area contributed by atoms with E-state index in [2.05, 4.69) is 63.3 Å². The lowest BCUT2D eigenvalue weighted by atomic mass is 9.86. The highest BCUT2D eigenvalue weighted by molar-refractivity contribution is 9.11. The van der Waals surface area contributed by atoms with Crippen molar-refractivity contribution in [3.63, 3.8) is 0 Å². The molecule has 6 aromatic carbocycles. The molecule has 4 amide bonds. The fourth-order valence-corrected chi connectivity index (χ4v) is 15.4. The molecular weight excluding hydrogens is 1620 g/mol. The average molecular weight is 1730 g/mol. The highest BCUT2D eigenvalue weighted by atomic mass is 79.9. The van der Waals surface area contributed by atoms with E-state index in [9.17, 15) is 48.4 Å². The van der Waals surface area contributed by atoms with Gasteiger partial charge in [-0.05, 0) is 164 Å². The van der Waals surface area contributed by atoms with Gasteiger partial charge in [-0.15, -0.1) is 0 Å². The third-order valence-electron chi connectivity index (χ3n) is 20.1. The Balaban J connectivity index is 0.000000344. The molecular formula is C86H104Br2N10O16S. The number of ketones is 4. The quantitative estimate of drug-likeness (QED) is 0.0277. The molecule has 26 nitrogen and oxygen atoms in total. The van der Waals surface area contributed by atoms with Crippen molar-refractivity contribution in [1.29, 1.82) is 5.26 Å². The zero-order chi connectivity index (χ0) is 83.6. The van der Waals surface area contributed by atoms with Gasteiger partial charge in [0.05, 0.1) is 66.4 Å². The minimum Gasteiger partial charge on any atom is -0.495 e. The summed E-state index contributed by atoms with van der Waals surface area (Å²) in [6.07, 6.45) is -1.42. The summed E-state index contributed by atoms with van der Waals surface area (Å²) in [5.74, 6) is -4.22. The van der Waals surface area contributed by atoms with E-state index < -0.39 is 83.3 Å². The van der Waals surface area contributed by atoms with Crippen LogP contribution < -0.4 is 51.5 Å². The largest absolute Gasteiger partial charge is 0.495 e. The fourth-order valence-electron chi connectivity index (χ4n) is 14.1. The van der Waals surface area contributed by atoms with Crippen molar-refractivity contribution < 1.29 is 76.3 Å². The van der Waals surface area contributed by atoms with Crippen LogP contribution in [0.5, 0.6) is 28.7 Å². The van der Waals surface area contributed by atoms with Gasteiger partial charge in [-0.1, -0.05) is 95.3 Å². The lowest BCUT2D eigenvalue weighted by Crippen LogP contribution is -2.46. The maximum absolute atomic E-state index is 15.0. The molecule has 0 saturated carbocycles. The van der Waals surface area contributed by atoms with Gasteiger partial charge in [-0.2, -0.15) is 18.8 Å². The Morgan fingerprint density at radius 1 is 0.635 bits per heavy atom. The number of hydrogen-bond acceptors (Lipinski definition) is 22. The van der Waals surface area contributed by atoms with E-state index in [0.29, 0.717) is 105 Å². The van der Waals surface area contributed by atoms with E-state index in [1.54, 1.807) is 64.1 Å². The number of methoxy groups -OCH3 is 4. The van der Waals surface area contributed by atoms with Crippen LogP contribution in [0.15, 0.2) is 112 Å². The molecule has 29 heteroatoms. The van der Waals surface area contributed by atoms with Crippen LogP contribution in [0.3, 0.4) is 0 Å². The van der Waals surface area contributed by atoms with Crippen molar-refractivity contribution in [3.05, 3.63) is 168 Å². The number of halogens is 2. The number of nitrogens with two attached hydrogens (primary N) is 3. The van der Waals surface area contributed by atoms with E-state index in [1.807, 2.05) is 79.7 Å². The number of carbonyl (C=O) groups is 9. The summed E-state index contributed by atoms with van der Waals surface area (Å²) in [5, 5.41) is 14.9. The molecule has 0 fully saturated rings. The molecule has 2 aliphatic heterocycles. The Morgan fingerprint density at radius 3 is 1.70 bits per heavy atom. The Hall–Kier alpha value is -10.1. The van der Waals surface area contributed by atoms with Crippen LogP contribution in [-0.4, -0.2) is 160 Å². The highest BCUT2D eigenvalue weighted by Gasteiger charge is 2.40. The average Bonchev–Trinajstić information content (AvgIpc) is 0.773. The number of aryl methyl sites for hydroxylation is 2. The number of nitrogens with zero attached hydrogens (tertiary/aromatic N) is 5. The van der Waals surface area contributed by atoms with Crippen molar-refractivity contribution in [3.8, 4) is 68.5 Å². The Labute approximate surface area is 695 Å². The standard InChI is InChI=1S/C53H68N8O8.C33H34Br2N2O8.H2S/c1-30-23-44(64)48(61(8)52(66)36(16-18-55)28-43(63)47-32(3)58-50(59-33(47)4)35-12-14-38(15-13-35)53(5,6)7)37-27-40(49(67-9)46(29-37)69-22-20-57)39-24-34(26-45(31(39)2)68-21-19-56)25-41(60-51(30)65)42(62)11-10-17-54;1-18-11-27(38)28(37(2)33(41)45-17-19-9-7-6-8-10-19)21-15-23(30(43-4)25(35)16-21)22-12-20(13-24(34)29(22)42-3)14-26(32(40)44-5)36-31(18)39;/h12-15,24,26-27,29-30,36,41,48H,10-11,16,18-23,25,28,55-57H2,1-9H3,(H,60,65);6-10,12-13,15-16,18,26,28H,11,14,17H2,1-5H3,(H,36,39);1H2/t30-,36-,41+,48+;18-,26+,28+;/m11./s1. The summed E-state index contributed by atoms with van der Waals surface area (Å²) in [4.78, 5) is 137. The molecule has 0 aliphatic carbocycles. The van der Waals surface area contributed by atoms with Gasteiger partial charge in [0.15, 0.2) is 40.5 Å². The summed E-state index contributed by atoms with van der Waals surface area (Å²) in [6, 6.07) is 28.8. The molecule has 9 rings (SSSR count). The summed E-state index contributed by atoms with van der Waals surface area (Å²) in [7, 11) is 8.74. The second kappa shape index (κ2) is 42.0. The van der Waals surface area contributed by atoms with Crippen LogP contribution in [0.25, 0.3) is 33.6 Å². The molecule has 115 heavy (non-hydrogen) atoms. The Kier molecular flexibility index (Phi) is 33.6. The van der Waals surface area contributed by atoms with Gasteiger partial charge in [0.25, 0.3) is 0 Å². The number of carbonyl (C=O) groups excluding carboxylic acids is 9. The Morgan fingerprint density at radius 2 is 1.15 bits per heavy atom. The van der Waals surface area contributed by atoms with Gasteiger partial charge >= 0.3 is 12.1 Å². The lowest BCUT2D eigenvalue weighted by Gasteiger charge is -2.32. The SMILES string of the molecule is COC(=O)[C@@H]1Cc2cc(Br)c(OC)c(c2)-c2cc(cc(Br)c2OC)[C@H](N(C)C(=O)OCc2ccccc2)C(=O)C[C@@H](C)C(=O)N1.COc1c(OCCN)cc2cc1-c1cc(cc(OCCN)c1C)C[C@@H](C(=O)CCC#N)NC(=O)[C@H](C)CC(=O)[C@H]2N(C)C(=O)[C@H](CCN)CC(=O)c1c(C)nc(-c2ccc(C(C)(C)C)cc2)nc1C.S. The number of Topliss-reactive ketones (excluding diaryl/α,β-unsaturated/α-hetero) is 4. The predicted octanol–water partition coefficient (Wildman–Crippen LogP) is 12.1. The first kappa shape index (κ1) is 92.1. The molecule has 0 unspecified atom stereocenters. The number of ether oxygens (including phenoxy) is 7. The highest BCUT2D eigenvalue weighted by Crippen LogP contribution is 2.48. The summed E-state index contributed by atoms with van der Waals surface area (Å²) in [6.45, 7) is 15.6. The number of nitriles is 1. The number of aromatic nitrogens is 2. The van der Waals surface area contributed by atoms with Crippen LogP contribution in [0, 0.1) is 49.9 Å². The molecule has 7 aromatic rings. The first-order valence-corrected chi connectivity index (χ1v) is 39.1. The topological polar surface area (TPSA) is 376 Å². The first-order valence-electron chi connectivity index (χ1n) is 37.6. The van der Waals surface area contributed by atoms with Crippen molar-refractivity contribution in [2.45, 2.75) is 143 Å². The van der Waals surface area contributed by atoms with E-state index in [4.69, 9.17) is 60.3 Å². The van der Waals surface area contributed by atoms with Crippen molar-refractivity contribution >= 4 is 98.3 Å². The number of amides is 4. The van der Waals surface area contributed by atoms with Crippen LogP contribution >= 0.6 is 45.4 Å². The van der Waals surface area contributed by atoms with Crippen molar-refractivity contribution in [1.82, 2.24) is 30.4 Å². The lowest BCUT2D eigenvalue weighted by molar-refractivity contribution is -0.145. The molecule has 0 spiro atoms. The third-order valence-corrected chi connectivity index (χ3v) is 21.3. The molecule has 1 aromatic heterocycles. The Bertz CT molecular complexity index is 4740. The van der Waals surface area contributed by atoms with Crippen LogP contribution in [-0.2, 0) is 67.9 Å². The molecule has 614 valence electrons. The summed E-state index contributed by atoms with van der Waals surface area (Å²) >= 11 is 7.18. The van der Waals surface area contributed by atoms with Crippen LogP contribution in [0.1, 0.15) is 146 Å². The van der Waals surface area contributed by atoms with Crippen LogP contribution in [0.4, 0.5) is 4.79 Å². The number of esters is 1. The van der Waals surface area contributed by atoms with Crippen molar-refractivity contribution in [2.24, 2.45) is 35.0 Å². The van der Waals surface area contributed by atoms with Gasteiger partial charge in [0.1, 0.15) is 55.2 Å². The van der Waals surface area contributed by atoms with E-state index in [-0.39, 0.29) is 127 Å². The summed E-state index contributed by atoms with van der Waals surface area (Å²) in [5.41, 5.74) is 26.8. The minimum atomic E-state index is -1.32. The second-order valence-electron chi connectivity index (χ2n) is 29.4. The zero-order valence-electron chi connectivity index (χ0n) is 67.5. The molecule has 8 bridgehead atoms. The number of hydrogen-bond donors (Lipinski definition) is 5. The zero-order valence-corrected chi connectivity index (χ0v) is 71.7. The van der Waals surface area contributed by atoms with E-state index >= 15 is 0 Å². The van der Waals surface area contributed by atoms with E-state index in [0.717, 1.165) is 16.7 Å². The molecule has 0 radical (unpaired) electrons. The molecule has 8 N–H and O–H groups in total. The first-order chi connectivity index (χ1) is 54.3. The number of benzene rings is 6. The third kappa shape index (κ3) is 22.7. The van der Waals surface area contributed by atoms with Gasteiger partial charge in [-0.25, -0.2) is 19.6 Å². The number of likely N-dealkylation sites (N-methyl/N-ethyl adjacent to an activating group) is 2. The van der Waals surface area contributed by atoms with Gasteiger partial charge in [0, 0.05) is 106 Å². The fraction of sp³-hybridized carbons (Fsp3) is 0.419. The maximum Gasteiger partial charge on any atom is 0.410 e. The van der Waals surface area contributed by atoms with Gasteiger partial charge < -0.3 is 65.9 Å². The normalized spacial score (nSPS) is 17.1. The minimum absolute atomic E-state index is 0. The van der Waals surface area contributed by atoms with Gasteiger partial charge in [-0.3, -0.25) is 38.5 Å². The van der Waals surface area contributed by atoms with Gasteiger partial charge in [0.2, 0.25) is 17.7 Å². The van der Waals surface area contributed by atoms with E-state index in [1.165, 1.54) is 52.3 Å². The molecule has 2 aliphatic rings.